The topological polar surface area (TPSA) is 148 Å². The Morgan fingerprint density at radius 2 is 1.53 bits per heavy atom. The standard InChI is InChI=1S/C20H22N6O8/c27-19(33-25-17-7-3-1-5-15(17)21-23-25)31-13-11-29-9-10-30-12-14-32-20(28)34-26-18-8-4-2-6-16(18)22-24-26/h1-8,15,17H,9-14H2. The molecule has 1 aliphatic heterocycles. The Morgan fingerprint density at radius 1 is 0.853 bits per heavy atom. The molecule has 0 N–H and O–H groups in total. The summed E-state index contributed by atoms with van der Waals surface area (Å²) in [5.74, 6) is 0. The minimum atomic E-state index is -0.929. The Kier molecular flexibility index (Phi) is 7.97. The summed E-state index contributed by atoms with van der Waals surface area (Å²) in [6.07, 6.45) is 5.54. The van der Waals surface area contributed by atoms with Crippen LogP contribution in [0.3, 0.4) is 0 Å². The number of carbonyl (C=O) groups is 2. The second-order valence-corrected chi connectivity index (χ2v) is 6.81. The van der Waals surface area contributed by atoms with Crippen molar-refractivity contribution >= 4 is 23.3 Å². The smallest absolute Gasteiger partial charge is 0.430 e. The van der Waals surface area contributed by atoms with Gasteiger partial charge in [-0.1, -0.05) is 46.5 Å². The van der Waals surface area contributed by atoms with Crippen LogP contribution in [0.4, 0.5) is 9.59 Å². The fraction of sp³-hybridized carbons (Fsp3) is 0.400. The summed E-state index contributed by atoms with van der Waals surface area (Å²) in [6.45, 7) is 0.808. The molecule has 2 unspecified atom stereocenters. The highest BCUT2D eigenvalue weighted by atomic mass is 16.8. The van der Waals surface area contributed by atoms with Gasteiger partial charge in [0.2, 0.25) is 0 Å². The predicted molar refractivity (Wildman–Crippen MR) is 112 cm³/mol. The van der Waals surface area contributed by atoms with E-state index in [4.69, 9.17) is 28.6 Å². The number of nitrogens with zero attached hydrogens (tertiary/aromatic N) is 6. The first-order chi connectivity index (χ1) is 16.7. The van der Waals surface area contributed by atoms with Gasteiger partial charge >= 0.3 is 12.3 Å². The third-order valence-electron chi connectivity index (χ3n) is 4.52. The highest BCUT2D eigenvalue weighted by Gasteiger charge is 2.33. The van der Waals surface area contributed by atoms with Gasteiger partial charge in [0.05, 0.1) is 26.4 Å². The van der Waals surface area contributed by atoms with Gasteiger partial charge in [0, 0.05) is 0 Å². The van der Waals surface area contributed by atoms with E-state index in [2.05, 4.69) is 20.6 Å². The fourth-order valence-corrected chi connectivity index (χ4v) is 2.95. The van der Waals surface area contributed by atoms with Crippen LogP contribution in [-0.4, -0.2) is 84.4 Å². The average molecular weight is 474 g/mol. The molecule has 1 aliphatic carbocycles. The lowest BCUT2D eigenvalue weighted by atomic mass is 10.1. The highest BCUT2D eigenvalue weighted by Crippen LogP contribution is 2.23. The van der Waals surface area contributed by atoms with E-state index in [0.29, 0.717) is 11.0 Å². The van der Waals surface area contributed by atoms with Gasteiger partial charge in [-0.3, -0.25) is 9.68 Å². The van der Waals surface area contributed by atoms with E-state index in [1.165, 1.54) is 0 Å². The van der Waals surface area contributed by atoms with Crippen molar-refractivity contribution in [1.82, 2.24) is 20.3 Å². The van der Waals surface area contributed by atoms with Crippen LogP contribution in [0, 0.1) is 0 Å². The molecule has 0 amide bonds. The van der Waals surface area contributed by atoms with Crippen molar-refractivity contribution < 1.29 is 38.2 Å². The summed E-state index contributed by atoms with van der Waals surface area (Å²) in [4.78, 5) is 34.4. The first-order valence-electron chi connectivity index (χ1n) is 10.4. The molecule has 2 aromatic rings. The number of ether oxygens (including phenoxy) is 4. The Bertz CT molecular complexity index is 1070. The second-order valence-electron chi connectivity index (χ2n) is 6.81. The SMILES string of the molecule is O=C(OCCOCCOCCOC(=O)On1nnc2ccccc21)ON1N=NC2C=CC=CC21. The molecule has 34 heavy (non-hydrogen) atoms. The molecule has 0 saturated carbocycles. The van der Waals surface area contributed by atoms with Gasteiger partial charge < -0.3 is 18.9 Å². The number of hydrogen-bond acceptors (Lipinski definition) is 13. The third kappa shape index (κ3) is 6.26. The molecule has 1 aromatic carbocycles. The van der Waals surface area contributed by atoms with E-state index >= 15 is 0 Å². The largest absolute Gasteiger partial charge is 0.535 e. The Labute approximate surface area is 193 Å². The maximum Gasteiger partial charge on any atom is 0.535 e. The molecule has 0 spiro atoms. The lowest BCUT2D eigenvalue weighted by Crippen LogP contribution is -2.35. The predicted octanol–water partition coefficient (Wildman–Crippen LogP) is 1.64. The zero-order valence-electron chi connectivity index (χ0n) is 18.0. The van der Waals surface area contributed by atoms with Crippen molar-refractivity contribution in [1.29, 1.82) is 0 Å². The number of rotatable bonds is 11. The first kappa shape index (κ1) is 23.1. The molecule has 14 heteroatoms. The highest BCUT2D eigenvalue weighted by molar-refractivity contribution is 5.74. The molecular formula is C20H22N6O8. The summed E-state index contributed by atoms with van der Waals surface area (Å²) >= 11 is 0. The van der Waals surface area contributed by atoms with Gasteiger partial charge in [0.1, 0.15) is 36.3 Å². The van der Waals surface area contributed by atoms with Gasteiger partial charge in [-0.15, -0.1) is 5.10 Å². The van der Waals surface area contributed by atoms with Crippen molar-refractivity contribution in [2.75, 3.05) is 39.6 Å². The van der Waals surface area contributed by atoms with Crippen molar-refractivity contribution in [3.63, 3.8) is 0 Å². The normalized spacial score (nSPS) is 18.2. The molecule has 2 atom stereocenters. The van der Waals surface area contributed by atoms with E-state index in [-0.39, 0.29) is 51.7 Å². The lowest BCUT2D eigenvalue weighted by Gasteiger charge is -2.20. The van der Waals surface area contributed by atoms with Gasteiger partial charge in [-0.2, -0.15) is 5.11 Å². The zero-order chi connectivity index (χ0) is 23.6. The number of benzene rings is 1. The number of aromatic nitrogens is 3. The van der Waals surface area contributed by atoms with Gasteiger partial charge in [0.15, 0.2) is 0 Å². The Hall–Kier alpha value is -4.04. The molecule has 0 fully saturated rings. The molecule has 0 bridgehead atoms. The number of hydroxylamine groups is 1. The number of allylic oxidation sites excluding steroid dienone is 2. The quantitative estimate of drug-likeness (QED) is 0.266. The van der Waals surface area contributed by atoms with Gasteiger partial charge in [0.25, 0.3) is 0 Å². The molecular weight excluding hydrogens is 452 g/mol. The van der Waals surface area contributed by atoms with Crippen LogP contribution >= 0.6 is 0 Å². The maximum absolute atomic E-state index is 11.7. The van der Waals surface area contributed by atoms with Crippen molar-refractivity contribution in [3.8, 4) is 0 Å². The fourth-order valence-electron chi connectivity index (χ4n) is 2.95. The van der Waals surface area contributed by atoms with Crippen molar-refractivity contribution in [3.05, 3.63) is 48.6 Å². The van der Waals surface area contributed by atoms with Crippen molar-refractivity contribution in [2.45, 2.75) is 12.1 Å². The summed E-state index contributed by atoms with van der Waals surface area (Å²) in [6, 6.07) is 6.58. The maximum atomic E-state index is 11.7. The summed E-state index contributed by atoms with van der Waals surface area (Å²) in [7, 11) is 0. The monoisotopic (exact) mass is 474 g/mol. The van der Waals surface area contributed by atoms with Gasteiger partial charge in [-0.25, -0.2) is 9.59 Å². The van der Waals surface area contributed by atoms with Crippen LogP contribution in [0.5, 0.6) is 0 Å². The Morgan fingerprint density at radius 3 is 2.32 bits per heavy atom. The molecule has 2 aliphatic rings. The summed E-state index contributed by atoms with van der Waals surface area (Å²) in [5.41, 5.74) is 1.13. The second kappa shape index (κ2) is 11.7. The number of para-hydroxylation sites is 1. The molecule has 0 radical (unpaired) electrons. The minimum absolute atomic E-state index is 0.000424. The Balaban J connectivity index is 0.976. The zero-order valence-corrected chi connectivity index (χ0v) is 18.0. The minimum Gasteiger partial charge on any atom is -0.430 e. The summed E-state index contributed by atoms with van der Waals surface area (Å²) in [5, 5.41) is 16.5. The molecule has 2 heterocycles. The number of fused-ring (bicyclic) bond motifs is 2. The van der Waals surface area contributed by atoms with E-state index in [1.54, 1.807) is 24.3 Å². The molecule has 14 nitrogen and oxygen atoms in total. The summed E-state index contributed by atoms with van der Waals surface area (Å²) < 4.78 is 20.4. The van der Waals surface area contributed by atoms with Crippen LogP contribution < -0.4 is 4.84 Å². The lowest BCUT2D eigenvalue weighted by molar-refractivity contribution is -0.140. The van der Waals surface area contributed by atoms with E-state index in [1.807, 2.05) is 24.3 Å². The van der Waals surface area contributed by atoms with Crippen LogP contribution in [0.1, 0.15) is 0 Å². The van der Waals surface area contributed by atoms with E-state index in [9.17, 15) is 9.59 Å². The van der Waals surface area contributed by atoms with Crippen molar-refractivity contribution in [2.24, 2.45) is 10.3 Å². The molecule has 180 valence electrons. The first-order valence-corrected chi connectivity index (χ1v) is 10.4. The third-order valence-corrected chi connectivity index (χ3v) is 4.52. The van der Waals surface area contributed by atoms with Crippen LogP contribution in [0.15, 0.2) is 58.9 Å². The average Bonchev–Trinajstić information content (AvgIpc) is 3.45. The molecule has 1 aromatic heterocycles. The van der Waals surface area contributed by atoms with Crippen LogP contribution in [0.25, 0.3) is 11.0 Å². The van der Waals surface area contributed by atoms with Gasteiger partial charge in [-0.05, 0) is 22.6 Å². The van der Waals surface area contributed by atoms with E-state index < -0.39 is 12.3 Å². The van der Waals surface area contributed by atoms with Crippen LogP contribution in [0.2, 0.25) is 0 Å². The molecule has 0 saturated heterocycles. The van der Waals surface area contributed by atoms with Crippen LogP contribution in [-0.2, 0) is 23.8 Å². The molecule has 4 rings (SSSR count). The number of carbonyl (C=O) groups excluding carboxylic acids is 2. The van der Waals surface area contributed by atoms with E-state index in [0.717, 1.165) is 10.0 Å². The number of hydrogen-bond donors (Lipinski definition) is 0.